The molecule has 0 aliphatic carbocycles. The molecule has 0 aromatic carbocycles. The molecule has 20 heavy (non-hydrogen) atoms. The number of aliphatic hydroxyl groups is 3. The molecule has 0 aliphatic rings. The molecular weight excluding hydrogens is 274 g/mol. The Morgan fingerprint density at radius 1 is 1.35 bits per heavy atom. The van der Waals surface area contributed by atoms with Crippen LogP contribution < -0.4 is 5.32 Å². The van der Waals surface area contributed by atoms with E-state index in [1.807, 2.05) is 0 Å². The number of carboxylic acid groups (broad SMARTS) is 1. The molecule has 1 heterocycles. The largest absolute Gasteiger partial charge is 0.478 e. The van der Waals surface area contributed by atoms with Crippen molar-refractivity contribution < 1.29 is 30.1 Å². The zero-order chi connectivity index (χ0) is 15.3. The zero-order valence-corrected chi connectivity index (χ0v) is 10.2. The average Bonchev–Trinajstić information content (AvgIpc) is 2.44. The normalized spacial score (nSPS) is 11.2. The number of aromatic nitrogens is 1. The summed E-state index contributed by atoms with van der Waals surface area (Å²) in [7, 11) is 0. The highest BCUT2D eigenvalue weighted by Gasteiger charge is 2.30. The lowest BCUT2D eigenvalue weighted by Gasteiger charge is -2.29. The van der Waals surface area contributed by atoms with E-state index in [1.165, 1.54) is 0 Å². The first-order valence-electron chi connectivity index (χ1n) is 5.37. The lowest BCUT2D eigenvalue weighted by atomic mass is 10.0. The molecule has 0 radical (unpaired) electrons. The van der Waals surface area contributed by atoms with E-state index in [9.17, 15) is 14.9 Å². The standard InChI is InChI=1S/C10H13N3O7/c14-3-10(4-15,5-16)12-8-7(9(17)18)1-6(2-11-8)13(19)20/h1-2,14-16H,3-5H2,(H,11,12)(H,17,18). The van der Waals surface area contributed by atoms with Gasteiger partial charge in [-0.15, -0.1) is 0 Å². The van der Waals surface area contributed by atoms with E-state index < -0.39 is 47.5 Å². The van der Waals surface area contributed by atoms with Crippen molar-refractivity contribution >= 4 is 17.5 Å². The van der Waals surface area contributed by atoms with Crippen molar-refractivity contribution in [2.75, 3.05) is 25.1 Å². The maximum atomic E-state index is 11.1. The van der Waals surface area contributed by atoms with E-state index in [1.54, 1.807) is 0 Å². The molecule has 1 aromatic rings. The molecule has 10 heteroatoms. The van der Waals surface area contributed by atoms with Gasteiger partial charge in [-0.3, -0.25) is 10.1 Å². The molecule has 0 saturated heterocycles. The van der Waals surface area contributed by atoms with Crippen molar-refractivity contribution in [3.63, 3.8) is 0 Å². The van der Waals surface area contributed by atoms with Gasteiger partial charge in [0.2, 0.25) is 0 Å². The number of aromatic carboxylic acids is 1. The van der Waals surface area contributed by atoms with Gasteiger partial charge in [-0.2, -0.15) is 0 Å². The van der Waals surface area contributed by atoms with Crippen LogP contribution in [0, 0.1) is 10.1 Å². The summed E-state index contributed by atoms with van der Waals surface area (Å²) in [5.74, 6) is -1.79. The lowest BCUT2D eigenvalue weighted by Crippen LogP contribution is -2.49. The fraction of sp³-hybridized carbons (Fsp3) is 0.400. The van der Waals surface area contributed by atoms with Crippen LogP contribution in [0.15, 0.2) is 12.3 Å². The van der Waals surface area contributed by atoms with E-state index in [-0.39, 0.29) is 5.82 Å². The number of pyridine rings is 1. The van der Waals surface area contributed by atoms with Gasteiger partial charge in [0.15, 0.2) is 0 Å². The van der Waals surface area contributed by atoms with Crippen molar-refractivity contribution in [1.29, 1.82) is 0 Å². The highest BCUT2D eigenvalue weighted by Crippen LogP contribution is 2.22. The Balaban J connectivity index is 3.24. The van der Waals surface area contributed by atoms with Gasteiger partial charge < -0.3 is 25.7 Å². The summed E-state index contributed by atoms with van der Waals surface area (Å²) < 4.78 is 0. The summed E-state index contributed by atoms with van der Waals surface area (Å²) in [6.45, 7) is -2.09. The number of aliphatic hydroxyl groups excluding tert-OH is 3. The SMILES string of the molecule is O=C(O)c1cc([N+](=O)[O-])cnc1NC(CO)(CO)CO. The van der Waals surface area contributed by atoms with Crippen LogP contribution in [0.5, 0.6) is 0 Å². The van der Waals surface area contributed by atoms with E-state index in [4.69, 9.17) is 20.4 Å². The molecule has 10 nitrogen and oxygen atoms in total. The van der Waals surface area contributed by atoms with Crippen molar-refractivity contribution in [2.24, 2.45) is 0 Å². The first kappa shape index (κ1) is 15.8. The minimum absolute atomic E-state index is 0.305. The Morgan fingerprint density at radius 3 is 2.30 bits per heavy atom. The number of nitrogens with zero attached hydrogens (tertiary/aromatic N) is 2. The van der Waals surface area contributed by atoms with Crippen LogP contribution in [0.25, 0.3) is 0 Å². The second-order valence-electron chi connectivity index (χ2n) is 4.03. The predicted molar refractivity (Wildman–Crippen MR) is 65.5 cm³/mol. The highest BCUT2D eigenvalue weighted by atomic mass is 16.6. The average molecular weight is 287 g/mol. The van der Waals surface area contributed by atoms with E-state index in [0.717, 1.165) is 12.3 Å². The van der Waals surface area contributed by atoms with Gasteiger partial charge in [-0.1, -0.05) is 0 Å². The minimum atomic E-state index is -1.59. The summed E-state index contributed by atoms with van der Waals surface area (Å²) in [6, 6.07) is 0.786. The zero-order valence-electron chi connectivity index (χ0n) is 10.2. The monoisotopic (exact) mass is 287 g/mol. The van der Waals surface area contributed by atoms with Gasteiger partial charge in [0.05, 0.1) is 24.7 Å². The number of carbonyl (C=O) groups is 1. The summed E-state index contributed by atoms with van der Waals surface area (Å²) >= 11 is 0. The van der Waals surface area contributed by atoms with Crippen molar-refractivity contribution in [1.82, 2.24) is 4.98 Å². The van der Waals surface area contributed by atoms with Crippen molar-refractivity contribution in [2.45, 2.75) is 5.54 Å². The molecule has 0 atom stereocenters. The Morgan fingerprint density at radius 2 is 1.90 bits per heavy atom. The molecule has 0 saturated carbocycles. The number of carboxylic acids is 1. The van der Waals surface area contributed by atoms with Crippen LogP contribution in [0.1, 0.15) is 10.4 Å². The van der Waals surface area contributed by atoms with Crippen LogP contribution in [0.2, 0.25) is 0 Å². The number of anilines is 1. The molecular formula is C10H13N3O7. The lowest BCUT2D eigenvalue weighted by molar-refractivity contribution is -0.385. The number of hydrogen-bond donors (Lipinski definition) is 5. The molecule has 1 rings (SSSR count). The third-order valence-corrected chi connectivity index (χ3v) is 2.61. The molecule has 110 valence electrons. The van der Waals surface area contributed by atoms with Crippen LogP contribution in [0.4, 0.5) is 11.5 Å². The Kier molecular flexibility index (Phi) is 4.91. The second-order valence-corrected chi connectivity index (χ2v) is 4.03. The van der Waals surface area contributed by atoms with Gasteiger partial charge in [-0.25, -0.2) is 9.78 Å². The number of nitro groups is 1. The van der Waals surface area contributed by atoms with E-state index in [2.05, 4.69) is 10.3 Å². The molecule has 0 amide bonds. The third kappa shape index (κ3) is 3.17. The van der Waals surface area contributed by atoms with Crippen LogP contribution in [-0.4, -0.2) is 61.7 Å². The van der Waals surface area contributed by atoms with Crippen LogP contribution in [0.3, 0.4) is 0 Å². The molecule has 5 N–H and O–H groups in total. The maximum absolute atomic E-state index is 11.1. The van der Waals surface area contributed by atoms with Crippen molar-refractivity contribution in [3.8, 4) is 0 Å². The highest BCUT2D eigenvalue weighted by molar-refractivity contribution is 5.94. The van der Waals surface area contributed by atoms with Gasteiger partial charge in [0.25, 0.3) is 5.69 Å². The van der Waals surface area contributed by atoms with Crippen molar-refractivity contribution in [3.05, 3.63) is 27.9 Å². The second kappa shape index (κ2) is 6.23. The van der Waals surface area contributed by atoms with Gasteiger partial charge in [0, 0.05) is 6.07 Å². The first-order valence-corrected chi connectivity index (χ1v) is 5.37. The smallest absolute Gasteiger partial charge is 0.339 e. The molecule has 1 aromatic heterocycles. The molecule has 0 spiro atoms. The number of nitrogens with one attached hydrogen (secondary N) is 1. The summed E-state index contributed by atoms with van der Waals surface area (Å²) in [5, 5.41) is 49.4. The van der Waals surface area contributed by atoms with Gasteiger partial charge >= 0.3 is 5.97 Å². The van der Waals surface area contributed by atoms with E-state index >= 15 is 0 Å². The molecule has 0 bridgehead atoms. The topological polar surface area (TPSA) is 166 Å². The fourth-order valence-corrected chi connectivity index (χ4v) is 1.34. The first-order chi connectivity index (χ1) is 9.39. The number of rotatable bonds is 7. The van der Waals surface area contributed by atoms with E-state index in [0.29, 0.717) is 0 Å². The van der Waals surface area contributed by atoms with Crippen LogP contribution in [-0.2, 0) is 0 Å². The maximum Gasteiger partial charge on any atom is 0.339 e. The van der Waals surface area contributed by atoms with Crippen LogP contribution >= 0.6 is 0 Å². The Bertz CT molecular complexity index is 507. The Hall–Kier alpha value is -2.30. The van der Waals surface area contributed by atoms with Gasteiger partial charge in [-0.05, 0) is 0 Å². The van der Waals surface area contributed by atoms with Gasteiger partial charge in [0.1, 0.15) is 23.1 Å². The molecule has 0 fully saturated rings. The summed E-state index contributed by atoms with van der Waals surface area (Å²) in [6.07, 6.45) is 0.825. The Labute approximate surface area is 112 Å². The summed E-state index contributed by atoms with van der Waals surface area (Å²) in [4.78, 5) is 24.4. The predicted octanol–water partition coefficient (Wildman–Crippen LogP) is -1.18. The summed E-state index contributed by atoms with van der Waals surface area (Å²) in [5.41, 5.74) is -2.62. The minimum Gasteiger partial charge on any atom is -0.478 e. The number of hydrogen-bond acceptors (Lipinski definition) is 8. The fourth-order valence-electron chi connectivity index (χ4n) is 1.34. The third-order valence-electron chi connectivity index (χ3n) is 2.61. The molecule has 0 aliphatic heterocycles. The quantitative estimate of drug-likeness (QED) is 0.306. The molecule has 0 unspecified atom stereocenters.